The fourth-order valence-electron chi connectivity index (χ4n) is 1.76. The molecular formula is C10H14N2O3. The highest BCUT2D eigenvalue weighted by Gasteiger charge is 2.29. The van der Waals surface area contributed by atoms with Gasteiger partial charge in [0.05, 0.1) is 11.8 Å². The van der Waals surface area contributed by atoms with E-state index in [4.69, 9.17) is 5.11 Å². The van der Waals surface area contributed by atoms with E-state index in [-0.39, 0.29) is 17.9 Å². The number of hydrogen-bond acceptors (Lipinski definition) is 3. The smallest absolute Gasteiger partial charge is 0.310 e. The standard InChI is InChI=1S/C10H14N2O3/c13-9(7-4-11-5-7)12-8-2-1-6(3-8)10(14)15/h1-2,6-8,11H,3-5H2,(H,12,13)(H,14,15). The van der Waals surface area contributed by atoms with Crippen LogP contribution in [0.25, 0.3) is 0 Å². The van der Waals surface area contributed by atoms with Gasteiger partial charge in [-0.25, -0.2) is 0 Å². The number of carbonyl (C=O) groups excluding carboxylic acids is 1. The summed E-state index contributed by atoms with van der Waals surface area (Å²) in [5.74, 6) is -1.19. The maximum atomic E-state index is 11.5. The zero-order valence-corrected chi connectivity index (χ0v) is 8.27. The summed E-state index contributed by atoms with van der Waals surface area (Å²) in [4.78, 5) is 22.2. The van der Waals surface area contributed by atoms with E-state index < -0.39 is 11.9 Å². The number of amides is 1. The van der Waals surface area contributed by atoms with E-state index in [1.807, 2.05) is 0 Å². The molecule has 5 nitrogen and oxygen atoms in total. The number of carbonyl (C=O) groups is 2. The molecule has 3 N–H and O–H groups in total. The molecule has 0 radical (unpaired) electrons. The topological polar surface area (TPSA) is 78.4 Å². The summed E-state index contributed by atoms with van der Waals surface area (Å²) in [5.41, 5.74) is 0. The van der Waals surface area contributed by atoms with Crippen molar-refractivity contribution < 1.29 is 14.7 Å². The Hall–Kier alpha value is -1.36. The summed E-state index contributed by atoms with van der Waals surface area (Å²) >= 11 is 0. The molecule has 2 rings (SSSR count). The second-order valence-corrected chi connectivity index (χ2v) is 4.04. The fraction of sp³-hybridized carbons (Fsp3) is 0.600. The molecule has 1 amide bonds. The molecule has 1 fully saturated rings. The first-order chi connectivity index (χ1) is 7.16. The molecule has 0 bridgehead atoms. The van der Waals surface area contributed by atoms with Crippen molar-refractivity contribution in [1.82, 2.24) is 10.6 Å². The van der Waals surface area contributed by atoms with Gasteiger partial charge in [0.15, 0.2) is 0 Å². The Bertz CT molecular complexity index is 310. The van der Waals surface area contributed by atoms with E-state index in [2.05, 4.69) is 10.6 Å². The molecule has 0 saturated carbocycles. The zero-order chi connectivity index (χ0) is 10.8. The van der Waals surface area contributed by atoms with Crippen LogP contribution in [0.4, 0.5) is 0 Å². The molecule has 15 heavy (non-hydrogen) atoms. The molecule has 0 aromatic heterocycles. The molecule has 1 saturated heterocycles. The van der Waals surface area contributed by atoms with Crippen molar-refractivity contribution in [2.24, 2.45) is 11.8 Å². The van der Waals surface area contributed by atoms with Crippen LogP contribution in [0.3, 0.4) is 0 Å². The zero-order valence-electron chi connectivity index (χ0n) is 8.27. The Morgan fingerprint density at radius 3 is 2.53 bits per heavy atom. The average molecular weight is 210 g/mol. The molecule has 1 heterocycles. The molecule has 0 spiro atoms. The minimum absolute atomic E-state index is 0.0226. The molecule has 1 aliphatic carbocycles. The predicted molar refractivity (Wildman–Crippen MR) is 53.2 cm³/mol. The van der Waals surface area contributed by atoms with Crippen molar-refractivity contribution in [3.63, 3.8) is 0 Å². The first kappa shape index (κ1) is 10.2. The third-order valence-electron chi connectivity index (χ3n) is 2.88. The van der Waals surface area contributed by atoms with Crippen LogP contribution in [-0.4, -0.2) is 36.1 Å². The van der Waals surface area contributed by atoms with E-state index in [0.29, 0.717) is 6.42 Å². The number of carboxylic acids is 1. The maximum Gasteiger partial charge on any atom is 0.310 e. The largest absolute Gasteiger partial charge is 0.481 e. The van der Waals surface area contributed by atoms with Gasteiger partial charge < -0.3 is 15.7 Å². The van der Waals surface area contributed by atoms with Crippen LogP contribution in [0, 0.1) is 11.8 Å². The summed E-state index contributed by atoms with van der Waals surface area (Å²) < 4.78 is 0. The summed E-state index contributed by atoms with van der Waals surface area (Å²) in [7, 11) is 0. The monoisotopic (exact) mass is 210 g/mol. The van der Waals surface area contributed by atoms with Crippen molar-refractivity contribution in [3.05, 3.63) is 12.2 Å². The van der Waals surface area contributed by atoms with Gasteiger partial charge in [-0.1, -0.05) is 12.2 Å². The fourth-order valence-corrected chi connectivity index (χ4v) is 1.76. The van der Waals surface area contributed by atoms with Gasteiger partial charge in [-0.2, -0.15) is 0 Å². The van der Waals surface area contributed by atoms with Crippen LogP contribution in [0.2, 0.25) is 0 Å². The molecular weight excluding hydrogens is 196 g/mol. The Kier molecular flexibility index (Phi) is 2.73. The lowest BCUT2D eigenvalue weighted by Crippen LogP contribution is -2.52. The van der Waals surface area contributed by atoms with Crippen molar-refractivity contribution in [1.29, 1.82) is 0 Å². The van der Waals surface area contributed by atoms with Crippen molar-refractivity contribution in [2.75, 3.05) is 13.1 Å². The summed E-state index contributed by atoms with van der Waals surface area (Å²) in [6.45, 7) is 1.45. The molecule has 82 valence electrons. The summed E-state index contributed by atoms with van der Waals surface area (Å²) in [6, 6.07) is -0.112. The lowest BCUT2D eigenvalue weighted by Gasteiger charge is -2.27. The second-order valence-electron chi connectivity index (χ2n) is 4.04. The second kappa shape index (κ2) is 4.02. The number of carboxylic acid groups (broad SMARTS) is 1. The Morgan fingerprint density at radius 2 is 2.07 bits per heavy atom. The van der Waals surface area contributed by atoms with Gasteiger partial charge in [-0.05, 0) is 6.42 Å². The molecule has 0 aromatic rings. The third kappa shape index (κ3) is 2.18. The van der Waals surface area contributed by atoms with Crippen molar-refractivity contribution >= 4 is 11.9 Å². The number of rotatable bonds is 3. The average Bonchev–Trinajstić information content (AvgIpc) is 2.48. The highest BCUT2D eigenvalue weighted by Crippen LogP contribution is 2.18. The summed E-state index contributed by atoms with van der Waals surface area (Å²) in [6.07, 6.45) is 3.89. The van der Waals surface area contributed by atoms with Crippen LogP contribution < -0.4 is 10.6 Å². The first-order valence-corrected chi connectivity index (χ1v) is 5.09. The number of aliphatic carboxylic acids is 1. The highest BCUT2D eigenvalue weighted by molar-refractivity contribution is 5.81. The molecule has 1 aliphatic heterocycles. The van der Waals surface area contributed by atoms with Crippen LogP contribution in [0.15, 0.2) is 12.2 Å². The lowest BCUT2D eigenvalue weighted by atomic mass is 10.0. The van der Waals surface area contributed by atoms with E-state index in [0.717, 1.165) is 13.1 Å². The van der Waals surface area contributed by atoms with E-state index in [9.17, 15) is 9.59 Å². The predicted octanol–water partition coefficient (Wildman–Crippen LogP) is -0.649. The van der Waals surface area contributed by atoms with Crippen LogP contribution in [0.1, 0.15) is 6.42 Å². The van der Waals surface area contributed by atoms with Crippen LogP contribution in [-0.2, 0) is 9.59 Å². The molecule has 2 atom stereocenters. The van der Waals surface area contributed by atoms with Crippen molar-refractivity contribution in [3.8, 4) is 0 Å². The van der Waals surface area contributed by atoms with Gasteiger partial charge in [0, 0.05) is 19.1 Å². The van der Waals surface area contributed by atoms with Gasteiger partial charge in [0.2, 0.25) is 5.91 Å². The molecule has 2 aliphatic rings. The van der Waals surface area contributed by atoms with Crippen LogP contribution in [0.5, 0.6) is 0 Å². The SMILES string of the molecule is O=C(O)C1C=CC(NC(=O)C2CNC2)C1. The quantitative estimate of drug-likeness (QED) is 0.541. The maximum absolute atomic E-state index is 11.5. The third-order valence-corrected chi connectivity index (χ3v) is 2.88. The Balaban J connectivity index is 1.79. The normalized spacial score (nSPS) is 29.9. The van der Waals surface area contributed by atoms with E-state index >= 15 is 0 Å². The summed E-state index contributed by atoms with van der Waals surface area (Å²) in [5, 5.41) is 14.6. The highest BCUT2D eigenvalue weighted by atomic mass is 16.4. The Morgan fingerprint density at radius 1 is 1.33 bits per heavy atom. The van der Waals surface area contributed by atoms with Gasteiger partial charge in [-0.3, -0.25) is 9.59 Å². The first-order valence-electron chi connectivity index (χ1n) is 5.09. The molecule has 0 aromatic carbocycles. The lowest BCUT2D eigenvalue weighted by molar-refractivity contribution is -0.140. The molecule has 2 unspecified atom stereocenters. The number of nitrogens with one attached hydrogen (secondary N) is 2. The molecule has 5 heteroatoms. The van der Waals surface area contributed by atoms with Gasteiger partial charge in [-0.15, -0.1) is 0 Å². The van der Waals surface area contributed by atoms with Gasteiger partial charge in [0.1, 0.15) is 0 Å². The van der Waals surface area contributed by atoms with E-state index in [1.165, 1.54) is 0 Å². The minimum Gasteiger partial charge on any atom is -0.481 e. The van der Waals surface area contributed by atoms with Gasteiger partial charge >= 0.3 is 5.97 Å². The van der Waals surface area contributed by atoms with Gasteiger partial charge in [0.25, 0.3) is 0 Å². The van der Waals surface area contributed by atoms with Crippen LogP contribution >= 0.6 is 0 Å². The Labute approximate surface area is 87.5 Å². The minimum atomic E-state index is -0.826. The van der Waals surface area contributed by atoms with E-state index in [1.54, 1.807) is 12.2 Å². The number of hydrogen-bond donors (Lipinski definition) is 3. The van der Waals surface area contributed by atoms with Crippen molar-refractivity contribution in [2.45, 2.75) is 12.5 Å².